The Morgan fingerprint density at radius 2 is 1.96 bits per heavy atom. The minimum atomic E-state index is -0.566. The standard InChI is InChI=1S/C20H18ClFN2O3S/c1-11-17(19(25)27-3)18(13-6-4-5-7-16(13)26-2)23-20(28)24(11)12-8-9-15(22)14(21)10-12/h4-10,18H,1-3H3,(H,23,28). The van der Waals surface area contributed by atoms with Crippen molar-refractivity contribution in [3.05, 3.63) is 70.1 Å². The molecule has 0 radical (unpaired) electrons. The lowest BCUT2D eigenvalue weighted by atomic mass is 9.94. The van der Waals surface area contributed by atoms with Crippen LogP contribution in [0.4, 0.5) is 10.1 Å². The van der Waals surface area contributed by atoms with E-state index in [1.807, 2.05) is 18.2 Å². The molecule has 28 heavy (non-hydrogen) atoms. The fourth-order valence-corrected chi connectivity index (χ4v) is 3.73. The number of carbonyl (C=O) groups is 1. The molecule has 0 aromatic heterocycles. The number of benzene rings is 2. The molecule has 0 fully saturated rings. The molecule has 0 spiro atoms. The Hall–Kier alpha value is -2.64. The molecule has 5 nitrogen and oxygen atoms in total. The fourth-order valence-electron chi connectivity index (χ4n) is 3.19. The molecular formula is C20H18ClFN2O3S. The van der Waals surface area contributed by atoms with Gasteiger partial charge in [0.05, 0.1) is 30.9 Å². The molecule has 1 N–H and O–H groups in total. The first-order valence-electron chi connectivity index (χ1n) is 8.36. The molecule has 0 saturated carbocycles. The second-order valence-electron chi connectivity index (χ2n) is 6.05. The van der Waals surface area contributed by atoms with E-state index >= 15 is 0 Å². The van der Waals surface area contributed by atoms with Gasteiger partial charge in [-0.3, -0.25) is 4.90 Å². The van der Waals surface area contributed by atoms with E-state index in [1.54, 1.807) is 25.0 Å². The van der Waals surface area contributed by atoms with Crippen LogP contribution >= 0.6 is 23.8 Å². The van der Waals surface area contributed by atoms with Gasteiger partial charge in [0.25, 0.3) is 0 Å². The summed E-state index contributed by atoms with van der Waals surface area (Å²) in [6.45, 7) is 1.75. The number of thiocarbonyl (C=S) groups is 1. The van der Waals surface area contributed by atoms with E-state index in [2.05, 4.69) is 5.32 Å². The molecule has 2 aromatic carbocycles. The van der Waals surface area contributed by atoms with E-state index in [0.29, 0.717) is 27.8 Å². The number of methoxy groups -OCH3 is 2. The lowest BCUT2D eigenvalue weighted by Crippen LogP contribution is -2.48. The Morgan fingerprint density at radius 1 is 1.25 bits per heavy atom. The van der Waals surface area contributed by atoms with Gasteiger partial charge in [-0.05, 0) is 43.4 Å². The van der Waals surface area contributed by atoms with Gasteiger partial charge in [0.1, 0.15) is 11.6 Å². The number of para-hydroxylation sites is 1. The zero-order valence-electron chi connectivity index (χ0n) is 15.5. The molecule has 3 rings (SSSR count). The molecule has 0 bridgehead atoms. The number of rotatable bonds is 4. The number of anilines is 1. The molecule has 1 aliphatic heterocycles. The number of allylic oxidation sites excluding steroid dienone is 1. The summed E-state index contributed by atoms with van der Waals surface area (Å²) in [5.74, 6) is -0.445. The molecule has 2 aromatic rings. The van der Waals surface area contributed by atoms with Gasteiger partial charge < -0.3 is 14.8 Å². The van der Waals surface area contributed by atoms with Crippen molar-refractivity contribution in [3.63, 3.8) is 0 Å². The van der Waals surface area contributed by atoms with Crippen molar-refractivity contribution in [1.82, 2.24) is 5.32 Å². The Kier molecular flexibility index (Phi) is 5.86. The Balaban J connectivity index is 2.18. The zero-order chi connectivity index (χ0) is 20.4. The van der Waals surface area contributed by atoms with Crippen LogP contribution < -0.4 is 15.0 Å². The summed E-state index contributed by atoms with van der Waals surface area (Å²) in [7, 11) is 2.87. The molecule has 1 unspecified atom stereocenters. The molecule has 0 amide bonds. The van der Waals surface area contributed by atoms with E-state index in [0.717, 1.165) is 5.56 Å². The zero-order valence-corrected chi connectivity index (χ0v) is 17.0. The maximum absolute atomic E-state index is 13.6. The molecule has 1 aliphatic rings. The fraction of sp³-hybridized carbons (Fsp3) is 0.200. The van der Waals surface area contributed by atoms with E-state index < -0.39 is 17.8 Å². The van der Waals surface area contributed by atoms with Crippen LogP contribution in [0, 0.1) is 5.82 Å². The van der Waals surface area contributed by atoms with Gasteiger partial charge in [-0.2, -0.15) is 0 Å². The van der Waals surface area contributed by atoms with Crippen molar-refractivity contribution < 1.29 is 18.7 Å². The average Bonchev–Trinajstić information content (AvgIpc) is 2.69. The molecular weight excluding hydrogens is 403 g/mol. The minimum absolute atomic E-state index is 0.0421. The summed E-state index contributed by atoms with van der Waals surface area (Å²) < 4.78 is 24.0. The Morgan fingerprint density at radius 3 is 2.61 bits per heavy atom. The molecule has 0 aliphatic carbocycles. The second kappa shape index (κ2) is 8.16. The normalized spacial score (nSPS) is 16.7. The molecule has 8 heteroatoms. The number of nitrogens with zero attached hydrogens (tertiary/aromatic N) is 1. The Bertz CT molecular complexity index is 980. The summed E-state index contributed by atoms with van der Waals surface area (Å²) in [5, 5.41) is 3.46. The van der Waals surface area contributed by atoms with Crippen LogP contribution in [-0.2, 0) is 9.53 Å². The van der Waals surface area contributed by atoms with E-state index in [4.69, 9.17) is 33.3 Å². The van der Waals surface area contributed by atoms with Gasteiger partial charge in [0.15, 0.2) is 5.11 Å². The van der Waals surface area contributed by atoms with Crippen LogP contribution in [-0.4, -0.2) is 25.3 Å². The van der Waals surface area contributed by atoms with Gasteiger partial charge in [-0.15, -0.1) is 0 Å². The first-order chi connectivity index (χ1) is 13.4. The number of halogens is 2. The van der Waals surface area contributed by atoms with Gasteiger partial charge in [-0.25, -0.2) is 9.18 Å². The summed E-state index contributed by atoms with van der Waals surface area (Å²) in [4.78, 5) is 14.3. The van der Waals surface area contributed by atoms with Crippen LogP contribution in [0.3, 0.4) is 0 Å². The summed E-state index contributed by atoms with van der Waals surface area (Å²) >= 11 is 11.5. The average molecular weight is 421 g/mol. The van der Waals surface area contributed by atoms with Crippen molar-refractivity contribution in [2.75, 3.05) is 19.1 Å². The minimum Gasteiger partial charge on any atom is -0.496 e. The molecule has 0 saturated heterocycles. The number of carbonyl (C=O) groups excluding carboxylic acids is 1. The molecule has 1 atom stereocenters. The van der Waals surface area contributed by atoms with Crippen molar-refractivity contribution in [3.8, 4) is 5.75 Å². The highest BCUT2D eigenvalue weighted by Gasteiger charge is 2.36. The van der Waals surface area contributed by atoms with Crippen LogP contribution in [0.1, 0.15) is 18.5 Å². The number of hydrogen-bond donors (Lipinski definition) is 1. The predicted molar refractivity (Wildman–Crippen MR) is 110 cm³/mol. The Labute approximate surface area is 172 Å². The highest BCUT2D eigenvalue weighted by atomic mass is 35.5. The third-order valence-electron chi connectivity index (χ3n) is 4.50. The van der Waals surface area contributed by atoms with E-state index in [9.17, 15) is 9.18 Å². The van der Waals surface area contributed by atoms with Gasteiger partial charge in [-0.1, -0.05) is 29.8 Å². The van der Waals surface area contributed by atoms with Crippen LogP contribution in [0.5, 0.6) is 5.75 Å². The monoisotopic (exact) mass is 420 g/mol. The number of nitrogens with one attached hydrogen (secondary N) is 1. The summed E-state index contributed by atoms with van der Waals surface area (Å²) in [6.07, 6.45) is 0. The molecule has 146 valence electrons. The lowest BCUT2D eigenvalue weighted by Gasteiger charge is -2.37. The first-order valence-corrected chi connectivity index (χ1v) is 9.15. The van der Waals surface area contributed by atoms with Crippen molar-refractivity contribution in [1.29, 1.82) is 0 Å². The highest BCUT2D eigenvalue weighted by molar-refractivity contribution is 7.80. The largest absolute Gasteiger partial charge is 0.496 e. The topological polar surface area (TPSA) is 50.8 Å². The highest BCUT2D eigenvalue weighted by Crippen LogP contribution is 2.38. The number of ether oxygens (including phenoxy) is 2. The van der Waals surface area contributed by atoms with Gasteiger partial charge >= 0.3 is 5.97 Å². The first kappa shape index (κ1) is 20.1. The van der Waals surface area contributed by atoms with Crippen LogP contribution in [0.15, 0.2) is 53.7 Å². The predicted octanol–water partition coefficient (Wildman–Crippen LogP) is 4.37. The van der Waals surface area contributed by atoms with Crippen LogP contribution in [0.2, 0.25) is 5.02 Å². The number of esters is 1. The maximum atomic E-state index is 13.6. The molecule has 1 heterocycles. The van der Waals surface area contributed by atoms with E-state index in [1.165, 1.54) is 25.3 Å². The van der Waals surface area contributed by atoms with Crippen molar-refractivity contribution >= 4 is 40.6 Å². The second-order valence-corrected chi connectivity index (χ2v) is 6.84. The third kappa shape index (κ3) is 3.55. The number of hydrogen-bond acceptors (Lipinski definition) is 4. The van der Waals surface area contributed by atoms with Crippen molar-refractivity contribution in [2.45, 2.75) is 13.0 Å². The van der Waals surface area contributed by atoms with Crippen LogP contribution in [0.25, 0.3) is 0 Å². The smallest absolute Gasteiger partial charge is 0.337 e. The summed E-state index contributed by atoms with van der Waals surface area (Å²) in [6, 6.07) is 11.0. The van der Waals surface area contributed by atoms with Gasteiger partial charge in [0.2, 0.25) is 0 Å². The quantitative estimate of drug-likeness (QED) is 0.585. The van der Waals surface area contributed by atoms with E-state index in [-0.39, 0.29) is 5.02 Å². The van der Waals surface area contributed by atoms with Gasteiger partial charge in [0, 0.05) is 16.9 Å². The summed E-state index contributed by atoms with van der Waals surface area (Å²) in [5.41, 5.74) is 2.18. The SMILES string of the molecule is COC(=O)C1=C(C)N(c2ccc(F)c(Cl)c2)C(=S)NC1c1ccccc1OC. The lowest BCUT2D eigenvalue weighted by molar-refractivity contribution is -0.136. The third-order valence-corrected chi connectivity index (χ3v) is 5.09. The maximum Gasteiger partial charge on any atom is 0.337 e. The van der Waals surface area contributed by atoms with Crippen molar-refractivity contribution in [2.24, 2.45) is 0 Å².